The third-order valence-electron chi connectivity index (χ3n) is 3.14. The molecular formula is C13H27NO2. The lowest BCUT2D eigenvalue weighted by atomic mass is 9.86. The summed E-state index contributed by atoms with van der Waals surface area (Å²) in [6, 6.07) is 0.187. The van der Waals surface area contributed by atoms with Crippen molar-refractivity contribution in [3.05, 3.63) is 0 Å². The number of hydrogen-bond acceptors (Lipinski definition) is 3. The first-order valence-corrected chi connectivity index (χ1v) is 6.78. The van der Waals surface area contributed by atoms with Crippen LogP contribution in [0.25, 0.3) is 0 Å². The Morgan fingerprint density at radius 1 is 1.00 bits per heavy atom. The molecule has 0 heterocycles. The first-order chi connectivity index (χ1) is 7.79. The molecule has 3 unspecified atom stereocenters. The fraction of sp³-hybridized carbons (Fsp3) is 1.00. The zero-order chi connectivity index (χ0) is 11.8. The van der Waals surface area contributed by atoms with E-state index < -0.39 is 0 Å². The topological polar surface area (TPSA) is 44.5 Å². The van der Waals surface area contributed by atoms with Crippen molar-refractivity contribution in [2.24, 2.45) is 5.73 Å². The van der Waals surface area contributed by atoms with Crippen LogP contribution < -0.4 is 5.73 Å². The third kappa shape index (κ3) is 4.40. The standard InChI is InChI=1S/C13H27NO2/c1-3-5-6-7-9-15-12-10-11(14)13(12)16-8-4-2/h11-13H,3-10,14H2,1-2H3. The van der Waals surface area contributed by atoms with Crippen LogP contribution in [0, 0.1) is 0 Å². The van der Waals surface area contributed by atoms with Crippen LogP contribution >= 0.6 is 0 Å². The van der Waals surface area contributed by atoms with Crippen LogP contribution in [-0.4, -0.2) is 31.5 Å². The zero-order valence-electron chi connectivity index (χ0n) is 10.8. The molecule has 3 atom stereocenters. The number of hydrogen-bond donors (Lipinski definition) is 1. The highest BCUT2D eigenvalue weighted by Crippen LogP contribution is 2.26. The van der Waals surface area contributed by atoms with Crippen molar-refractivity contribution in [3.8, 4) is 0 Å². The van der Waals surface area contributed by atoms with Crippen LogP contribution in [0.1, 0.15) is 52.4 Å². The minimum Gasteiger partial charge on any atom is -0.375 e. The average Bonchev–Trinajstić information content (AvgIpc) is 2.27. The van der Waals surface area contributed by atoms with Gasteiger partial charge in [-0.3, -0.25) is 0 Å². The van der Waals surface area contributed by atoms with Crippen molar-refractivity contribution in [2.75, 3.05) is 13.2 Å². The predicted octanol–water partition coefficient (Wildman–Crippen LogP) is 2.48. The van der Waals surface area contributed by atoms with Crippen molar-refractivity contribution in [3.63, 3.8) is 0 Å². The van der Waals surface area contributed by atoms with Crippen LogP contribution in [0.3, 0.4) is 0 Å². The van der Waals surface area contributed by atoms with Crippen LogP contribution in [-0.2, 0) is 9.47 Å². The summed E-state index contributed by atoms with van der Waals surface area (Å²) in [7, 11) is 0. The summed E-state index contributed by atoms with van der Waals surface area (Å²) in [5, 5.41) is 0. The number of ether oxygens (including phenoxy) is 2. The molecule has 96 valence electrons. The van der Waals surface area contributed by atoms with E-state index >= 15 is 0 Å². The van der Waals surface area contributed by atoms with Crippen molar-refractivity contribution in [2.45, 2.75) is 70.6 Å². The first-order valence-electron chi connectivity index (χ1n) is 6.78. The van der Waals surface area contributed by atoms with E-state index in [-0.39, 0.29) is 18.2 Å². The third-order valence-corrected chi connectivity index (χ3v) is 3.14. The van der Waals surface area contributed by atoms with Crippen molar-refractivity contribution < 1.29 is 9.47 Å². The molecular weight excluding hydrogens is 202 g/mol. The monoisotopic (exact) mass is 229 g/mol. The highest BCUT2D eigenvalue weighted by Gasteiger charge is 2.40. The van der Waals surface area contributed by atoms with Crippen molar-refractivity contribution >= 4 is 0 Å². The van der Waals surface area contributed by atoms with E-state index in [1.54, 1.807) is 0 Å². The number of nitrogens with two attached hydrogens (primary N) is 1. The predicted molar refractivity (Wildman–Crippen MR) is 66.5 cm³/mol. The summed E-state index contributed by atoms with van der Waals surface area (Å²) in [4.78, 5) is 0. The van der Waals surface area contributed by atoms with E-state index in [0.29, 0.717) is 0 Å². The van der Waals surface area contributed by atoms with Crippen LogP contribution in [0.4, 0.5) is 0 Å². The van der Waals surface area contributed by atoms with Gasteiger partial charge < -0.3 is 15.2 Å². The van der Waals surface area contributed by atoms with Gasteiger partial charge >= 0.3 is 0 Å². The molecule has 2 N–H and O–H groups in total. The second kappa shape index (κ2) is 8.04. The maximum Gasteiger partial charge on any atom is 0.0988 e. The van der Waals surface area contributed by atoms with Gasteiger partial charge in [-0.05, 0) is 19.3 Å². The quantitative estimate of drug-likeness (QED) is 0.618. The van der Waals surface area contributed by atoms with Crippen molar-refractivity contribution in [1.82, 2.24) is 0 Å². The molecule has 0 saturated heterocycles. The van der Waals surface area contributed by atoms with Gasteiger partial charge in [0.1, 0.15) is 0 Å². The molecule has 0 bridgehead atoms. The maximum absolute atomic E-state index is 5.90. The maximum atomic E-state index is 5.90. The fourth-order valence-corrected chi connectivity index (χ4v) is 2.03. The smallest absolute Gasteiger partial charge is 0.0988 e. The van der Waals surface area contributed by atoms with E-state index in [4.69, 9.17) is 15.2 Å². The summed E-state index contributed by atoms with van der Waals surface area (Å²) < 4.78 is 11.5. The molecule has 3 nitrogen and oxygen atoms in total. The molecule has 0 aliphatic heterocycles. The molecule has 1 saturated carbocycles. The lowest BCUT2D eigenvalue weighted by molar-refractivity contribution is -0.139. The second-order valence-corrected chi connectivity index (χ2v) is 4.70. The van der Waals surface area contributed by atoms with Gasteiger partial charge in [0.25, 0.3) is 0 Å². The molecule has 3 heteroatoms. The molecule has 0 amide bonds. The molecule has 0 spiro atoms. The molecule has 0 radical (unpaired) electrons. The van der Waals surface area contributed by atoms with Crippen molar-refractivity contribution in [1.29, 1.82) is 0 Å². The summed E-state index contributed by atoms with van der Waals surface area (Å²) in [5.74, 6) is 0. The Labute approximate surface area is 99.7 Å². The van der Waals surface area contributed by atoms with E-state index in [0.717, 1.165) is 26.1 Å². The Kier molecular flexibility index (Phi) is 7.01. The summed E-state index contributed by atoms with van der Waals surface area (Å²) in [6.07, 6.45) is 7.43. The van der Waals surface area contributed by atoms with Crippen LogP contribution in [0.15, 0.2) is 0 Å². The van der Waals surface area contributed by atoms with Gasteiger partial charge in [-0.1, -0.05) is 33.1 Å². The first kappa shape index (κ1) is 13.9. The molecule has 16 heavy (non-hydrogen) atoms. The van der Waals surface area contributed by atoms with Gasteiger partial charge in [-0.25, -0.2) is 0 Å². The van der Waals surface area contributed by atoms with E-state index in [2.05, 4.69) is 13.8 Å². The van der Waals surface area contributed by atoms with Gasteiger partial charge in [0.15, 0.2) is 0 Å². The molecule has 0 aromatic heterocycles. The van der Waals surface area contributed by atoms with Gasteiger partial charge in [0, 0.05) is 19.3 Å². The number of unbranched alkanes of at least 4 members (excludes halogenated alkanes) is 3. The van der Waals surface area contributed by atoms with Gasteiger partial charge in [0.2, 0.25) is 0 Å². The van der Waals surface area contributed by atoms with Gasteiger partial charge in [0.05, 0.1) is 12.2 Å². The summed E-state index contributed by atoms with van der Waals surface area (Å²) in [5.41, 5.74) is 5.90. The normalized spacial score (nSPS) is 29.1. The molecule has 1 aliphatic rings. The molecule has 0 aromatic carbocycles. The van der Waals surface area contributed by atoms with Gasteiger partial charge in [-0.15, -0.1) is 0 Å². The lowest BCUT2D eigenvalue weighted by Gasteiger charge is -2.41. The molecule has 1 rings (SSSR count). The highest BCUT2D eigenvalue weighted by molar-refractivity contribution is 4.95. The Hall–Kier alpha value is -0.120. The fourth-order valence-electron chi connectivity index (χ4n) is 2.03. The highest BCUT2D eigenvalue weighted by atomic mass is 16.5. The molecule has 1 fully saturated rings. The van der Waals surface area contributed by atoms with Crippen LogP contribution in [0.2, 0.25) is 0 Å². The lowest BCUT2D eigenvalue weighted by Crippen LogP contribution is -2.58. The number of rotatable bonds is 9. The molecule has 0 aromatic rings. The zero-order valence-corrected chi connectivity index (χ0v) is 10.8. The van der Waals surface area contributed by atoms with E-state index in [1.807, 2.05) is 0 Å². The Bertz CT molecular complexity index is 175. The Morgan fingerprint density at radius 3 is 2.44 bits per heavy atom. The van der Waals surface area contributed by atoms with E-state index in [1.165, 1.54) is 25.7 Å². The van der Waals surface area contributed by atoms with Gasteiger partial charge in [-0.2, -0.15) is 0 Å². The van der Waals surface area contributed by atoms with Crippen LogP contribution in [0.5, 0.6) is 0 Å². The second-order valence-electron chi connectivity index (χ2n) is 4.70. The minimum absolute atomic E-state index is 0.145. The SMILES string of the molecule is CCCCCCOC1CC(N)C1OCCC. The molecule has 1 aliphatic carbocycles. The summed E-state index contributed by atoms with van der Waals surface area (Å²) in [6.45, 7) is 6.00. The summed E-state index contributed by atoms with van der Waals surface area (Å²) >= 11 is 0. The average molecular weight is 229 g/mol. The Morgan fingerprint density at radius 2 is 1.81 bits per heavy atom. The minimum atomic E-state index is 0.145. The largest absolute Gasteiger partial charge is 0.375 e. The Balaban J connectivity index is 2.03. The van der Waals surface area contributed by atoms with E-state index in [9.17, 15) is 0 Å².